The van der Waals surface area contributed by atoms with Gasteiger partial charge in [-0.1, -0.05) is 0 Å². The van der Waals surface area contributed by atoms with Crippen LogP contribution < -0.4 is 80.9 Å². The standard InChI is InChI=1S/C6H10O5.K.Na.2H/c1-3(7)6(10)11-4(2)5(8)9;;;;/h3-4,7H,1-2H3,(H,8,9);;;;/q;2*+1;2*-1. The van der Waals surface area contributed by atoms with E-state index in [2.05, 4.69) is 4.74 Å². The predicted molar refractivity (Wildman–Crippen MR) is 37.1 cm³/mol. The third-order valence-electron chi connectivity index (χ3n) is 0.982. The van der Waals surface area contributed by atoms with Gasteiger partial charge in [-0.15, -0.1) is 0 Å². The number of carbonyl (C=O) groups excluding carboxylic acids is 1. The molecule has 0 heterocycles. The van der Waals surface area contributed by atoms with Crippen molar-refractivity contribution < 1.29 is 108 Å². The first-order valence-corrected chi connectivity index (χ1v) is 3.06. The summed E-state index contributed by atoms with van der Waals surface area (Å²) in [6.45, 7) is 2.42. The fraction of sp³-hybridized carbons (Fsp3) is 0.667. The van der Waals surface area contributed by atoms with Crippen LogP contribution in [0.1, 0.15) is 16.7 Å². The largest absolute Gasteiger partial charge is 1.00 e. The average molecular weight is 226 g/mol. The van der Waals surface area contributed by atoms with Crippen molar-refractivity contribution >= 4 is 11.9 Å². The van der Waals surface area contributed by atoms with Crippen LogP contribution in [0.2, 0.25) is 0 Å². The summed E-state index contributed by atoms with van der Waals surface area (Å²) in [6, 6.07) is 0. The molecule has 0 rings (SSSR count). The number of carboxylic acid groups (broad SMARTS) is 1. The zero-order valence-corrected chi connectivity index (χ0v) is 13.4. The molecule has 0 fully saturated rings. The maximum absolute atomic E-state index is 10.5. The van der Waals surface area contributed by atoms with Gasteiger partial charge in [0.2, 0.25) is 0 Å². The summed E-state index contributed by atoms with van der Waals surface area (Å²) in [6.07, 6.45) is -2.49. The van der Waals surface area contributed by atoms with Gasteiger partial charge >= 0.3 is 92.9 Å². The van der Waals surface area contributed by atoms with Crippen LogP contribution in [-0.4, -0.2) is 34.4 Å². The zero-order valence-electron chi connectivity index (χ0n) is 10.3. The third kappa shape index (κ3) is 9.83. The number of aliphatic hydroxyl groups is 1. The monoisotopic (exact) mass is 226 g/mol. The van der Waals surface area contributed by atoms with Crippen LogP contribution in [0.4, 0.5) is 0 Å². The summed E-state index contributed by atoms with van der Waals surface area (Å²) in [5, 5.41) is 16.8. The molecule has 5 nitrogen and oxygen atoms in total. The Morgan fingerprint density at radius 2 is 1.77 bits per heavy atom. The van der Waals surface area contributed by atoms with Crippen LogP contribution in [0.3, 0.4) is 0 Å². The van der Waals surface area contributed by atoms with Crippen molar-refractivity contribution in [3.63, 3.8) is 0 Å². The van der Waals surface area contributed by atoms with E-state index in [-0.39, 0.29) is 83.8 Å². The number of hydrogen-bond donors (Lipinski definition) is 2. The predicted octanol–water partition coefficient (Wildman–Crippen LogP) is -6.38. The molecule has 13 heavy (non-hydrogen) atoms. The minimum Gasteiger partial charge on any atom is -1.00 e. The summed E-state index contributed by atoms with van der Waals surface area (Å²) in [4.78, 5) is 20.6. The molecular formula is C6H12KNaO5. The molecule has 2 N–H and O–H groups in total. The van der Waals surface area contributed by atoms with Gasteiger partial charge in [-0.2, -0.15) is 0 Å². The first kappa shape index (κ1) is 20.0. The number of carbonyl (C=O) groups is 2. The van der Waals surface area contributed by atoms with E-state index in [9.17, 15) is 9.59 Å². The van der Waals surface area contributed by atoms with Gasteiger partial charge < -0.3 is 17.8 Å². The molecule has 0 aromatic heterocycles. The summed E-state index contributed by atoms with van der Waals surface area (Å²) < 4.78 is 4.28. The molecule has 0 saturated carbocycles. The Labute approximate surface area is 144 Å². The summed E-state index contributed by atoms with van der Waals surface area (Å²) >= 11 is 0. The second-order valence-electron chi connectivity index (χ2n) is 2.09. The molecule has 0 saturated heterocycles. The first-order chi connectivity index (χ1) is 4.95. The van der Waals surface area contributed by atoms with Crippen molar-refractivity contribution in [3.05, 3.63) is 0 Å². The van der Waals surface area contributed by atoms with E-state index in [0.717, 1.165) is 0 Å². The van der Waals surface area contributed by atoms with Crippen molar-refractivity contribution in [1.82, 2.24) is 0 Å². The molecule has 0 spiro atoms. The van der Waals surface area contributed by atoms with Gasteiger partial charge in [0.25, 0.3) is 0 Å². The van der Waals surface area contributed by atoms with Crippen LogP contribution in [0.25, 0.3) is 0 Å². The molecular weight excluding hydrogens is 214 g/mol. The van der Waals surface area contributed by atoms with Gasteiger partial charge in [-0.05, 0) is 13.8 Å². The van der Waals surface area contributed by atoms with Gasteiger partial charge in [0, 0.05) is 0 Å². The van der Waals surface area contributed by atoms with Crippen molar-refractivity contribution in [1.29, 1.82) is 0 Å². The van der Waals surface area contributed by atoms with Crippen LogP contribution in [0.15, 0.2) is 0 Å². The number of carboxylic acids is 1. The quantitative estimate of drug-likeness (QED) is 0.369. The van der Waals surface area contributed by atoms with Crippen molar-refractivity contribution in [2.24, 2.45) is 0 Å². The van der Waals surface area contributed by atoms with E-state index in [1.165, 1.54) is 13.8 Å². The van der Waals surface area contributed by atoms with Crippen molar-refractivity contribution in [2.75, 3.05) is 0 Å². The maximum atomic E-state index is 10.5. The van der Waals surface area contributed by atoms with Gasteiger partial charge in [-0.3, -0.25) is 0 Å². The summed E-state index contributed by atoms with van der Waals surface area (Å²) in [5.74, 6) is -2.17. The van der Waals surface area contributed by atoms with Crippen LogP contribution in [-0.2, 0) is 14.3 Å². The minimum atomic E-state index is -1.28. The molecule has 0 bridgehead atoms. The van der Waals surface area contributed by atoms with E-state index >= 15 is 0 Å². The van der Waals surface area contributed by atoms with Crippen LogP contribution in [0, 0.1) is 0 Å². The van der Waals surface area contributed by atoms with Gasteiger partial charge in [-0.25, -0.2) is 9.59 Å². The van der Waals surface area contributed by atoms with Gasteiger partial charge in [0.05, 0.1) is 0 Å². The Kier molecular flexibility index (Phi) is 15.5. The van der Waals surface area contributed by atoms with E-state index < -0.39 is 24.1 Å². The van der Waals surface area contributed by atoms with Gasteiger partial charge in [0.15, 0.2) is 6.10 Å². The molecule has 0 aromatic rings. The summed E-state index contributed by atoms with van der Waals surface area (Å²) in [5.41, 5.74) is 0. The van der Waals surface area contributed by atoms with E-state index in [1.807, 2.05) is 0 Å². The molecule has 0 radical (unpaired) electrons. The Balaban J connectivity index is -0.0000000833. The second kappa shape index (κ2) is 10.1. The molecule has 0 aliphatic heterocycles. The average Bonchev–Trinajstić information content (AvgIpc) is 1.87. The minimum absolute atomic E-state index is 0. The number of ether oxygens (including phenoxy) is 1. The SMILES string of the molecule is CC(O)C(=O)OC(C)C(=O)O.[H-].[H-].[K+].[Na+]. The first-order valence-electron chi connectivity index (χ1n) is 3.06. The topological polar surface area (TPSA) is 83.8 Å². The van der Waals surface area contributed by atoms with Crippen LogP contribution >= 0.6 is 0 Å². The fourth-order valence-electron chi connectivity index (χ4n) is 0.323. The Morgan fingerprint density at radius 1 is 1.38 bits per heavy atom. The molecule has 0 aliphatic carbocycles. The van der Waals surface area contributed by atoms with Crippen molar-refractivity contribution in [2.45, 2.75) is 26.1 Å². The normalized spacial score (nSPS) is 12.8. The molecule has 0 aliphatic rings. The molecule has 0 amide bonds. The van der Waals surface area contributed by atoms with E-state index in [1.54, 1.807) is 0 Å². The van der Waals surface area contributed by atoms with E-state index in [0.29, 0.717) is 0 Å². The second-order valence-corrected chi connectivity index (χ2v) is 2.09. The van der Waals surface area contributed by atoms with Crippen LogP contribution in [0.5, 0.6) is 0 Å². The number of aliphatic hydroxyl groups excluding tert-OH is 1. The number of aliphatic carboxylic acids is 1. The zero-order chi connectivity index (χ0) is 9.02. The maximum Gasteiger partial charge on any atom is 1.00 e. The Bertz CT molecular complexity index is 181. The number of hydrogen-bond acceptors (Lipinski definition) is 4. The number of rotatable bonds is 3. The fourth-order valence-corrected chi connectivity index (χ4v) is 0.323. The van der Waals surface area contributed by atoms with Crippen molar-refractivity contribution in [3.8, 4) is 0 Å². The Hall–Kier alpha value is 1.54. The van der Waals surface area contributed by atoms with E-state index in [4.69, 9.17) is 10.2 Å². The Morgan fingerprint density at radius 3 is 2.00 bits per heavy atom. The third-order valence-corrected chi connectivity index (χ3v) is 0.982. The molecule has 7 heteroatoms. The number of esters is 1. The van der Waals surface area contributed by atoms with Gasteiger partial charge in [0.1, 0.15) is 6.10 Å². The smallest absolute Gasteiger partial charge is 1.00 e. The molecule has 2 atom stereocenters. The molecule has 0 aromatic carbocycles. The molecule has 2 unspecified atom stereocenters. The summed E-state index contributed by atoms with van der Waals surface area (Å²) in [7, 11) is 0. The molecule has 68 valence electrons.